The van der Waals surface area contributed by atoms with Crippen LogP contribution in [0, 0.1) is 0 Å². The summed E-state index contributed by atoms with van der Waals surface area (Å²) in [4.78, 5) is 13.4. The van der Waals surface area contributed by atoms with E-state index >= 15 is 0 Å². The Morgan fingerprint density at radius 3 is 2.55 bits per heavy atom. The number of nitrogens with one attached hydrogen (secondary N) is 1. The molecule has 0 spiro atoms. The fraction of sp³-hybridized carbons (Fsp3) is 0.500. The molecule has 0 aliphatic heterocycles. The number of ether oxygens (including phenoxy) is 1. The summed E-state index contributed by atoms with van der Waals surface area (Å²) < 4.78 is 28.2. The van der Waals surface area contributed by atoms with Crippen molar-refractivity contribution in [3.8, 4) is 5.75 Å². The van der Waals surface area contributed by atoms with Gasteiger partial charge in [-0.15, -0.1) is 0 Å². The van der Waals surface area contributed by atoms with E-state index in [0.717, 1.165) is 12.1 Å². The monoisotopic (exact) mass is 286 g/mol. The van der Waals surface area contributed by atoms with Gasteiger partial charge in [-0.25, -0.2) is 0 Å². The van der Waals surface area contributed by atoms with Gasteiger partial charge in [0.25, 0.3) is 0 Å². The maximum absolute atomic E-state index is 12.0. The molecule has 0 aromatic heterocycles. The molecule has 1 aromatic carbocycles. The minimum Gasteiger partial charge on any atom is -0.435 e. The van der Waals surface area contributed by atoms with Gasteiger partial charge < -0.3 is 10.1 Å². The molecule has 0 aliphatic rings. The molecule has 1 N–H and O–H groups in total. The van der Waals surface area contributed by atoms with Crippen molar-refractivity contribution in [3.63, 3.8) is 0 Å². The molecular weight excluding hydrogens is 266 g/mol. The lowest BCUT2D eigenvalue weighted by molar-refractivity contribution is -0.121. The van der Waals surface area contributed by atoms with Gasteiger partial charge >= 0.3 is 6.61 Å². The number of halogens is 2. The first-order valence-corrected chi connectivity index (χ1v) is 6.50. The zero-order valence-electron chi connectivity index (χ0n) is 11.7. The largest absolute Gasteiger partial charge is 0.435 e. The highest BCUT2D eigenvalue weighted by Crippen LogP contribution is 2.14. The SMILES string of the molecule is CCN(C)CC(=O)NCCc1ccc(OC(F)F)cc1. The van der Waals surface area contributed by atoms with E-state index in [1.807, 2.05) is 18.9 Å². The van der Waals surface area contributed by atoms with Crippen molar-refractivity contribution in [2.75, 3.05) is 26.7 Å². The summed E-state index contributed by atoms with van der Waals surface area (Å²) in [6, 6.07) is 6.41. The summed E-state index contributed by atoms with van der Waals surface area (Å²) in [5.41, 5.74) is 0.954. The van der Waals surface area contributed by atoms with Crippen LogP contribution in [0.15, 0.2) is 24.3 Å². The first-order chi connectivity index (χ1) is 9.51. The van der Waals surface area contributed by atoms with Crippen molar-refractivity contribution < 1.29 is 18.3 Å². The van der Waals surface area contributed by atoms with E-state index < -0.39 is 6.61 Å². The van der Waals surface area contributed by atoms with Gasteiger partial charge in [-0.1, -0.05) is 19.1 Å². The molecular formula is C14H20F2N2O2. The highest BCUT2D eigenvalue weighted by Gasteiger charge is 2.05. The molecule has 0 unspecified atom stereocenters. The lowest BCUT2D eigenvalue weighted by Crippen LogP contribution is -2.35. The fourth-order valence-corrected chi connectivity index (χ4v) is 1.60. The average molecular weight is 286 g/mol. The third kappa shape index (κ3) is 6.47. The van der Waals surface area contributed by atoms with Crippen molar-refractivity contribution in [1.82, 2.24) is 10.2 Å². The fourth-order valence-electron chi connectivity index (χ4n) is 1.60. The first kappa shape index (κ1) is 16.4. The molecule has 4 nitrogen and oxygen atoms in total. The van der Waals surface area contributed by atoms with Crippen LogP contribution in [0.5, 0.6) is 5.75 Å². The van der Waals surface area contributed by atoms with Gasteiger partial charge in [0.15, 0.2) is 0 Å². The van der Waals surface area contributed by atoms with Crippen LogP contribution in [-0.2, 0) is 11.2 Å². The van der Waals surface area contributed by atoms with E-state index in [-0.39, 0.29) is 11.7 Å². The predicted molar refractivity (Wildman–Crippen MR) is 73.0 cm³/mol. The lowest BCUT2D eigenvalue weighted by Gasteiger charge is -2.13. The Morgan fingerprint density at radius 2 is 2.00 bits per heavy atom. The second kappa shape index (κ2) is 8.47. The summed E-state index contributed by atoms with van der Waals surface area (Å²) in [6.45, 7) is 0.883. The number of carbonyl (C=O) groups excluding carboxylic acids is 1. The average Bonchev–Trinajstić information content (AvgIpc) is 2.40. The second-order valence-electron chi connectivity index (χ2n) is 4.45. The molecule has 0 saturated carbocycles. The van der Waals surface area contributed by atoms with Crippen molar-refractivity contribution in [3.05, 3.63) is 29.8 Å². The van der Waals surface area contributed by atoms with Crippen LogP contribution in [0.25, 0.3) is 0 Å². The zero-order valence-corrected chi connectivity index (χ0v) is 11.7. The Morgan fingerprint density at radius 1 is 1.35 bits per heavy atom. The van der Waals surface area contributed by atoms with Crippen LogP contribution in [0.2, 0.25) is 0 Å². The van der Waals surface area contributed by atoms with Gasteiger partial charge in [-0.2, -0.15) is 8.78 Å². The number of amides is 1. The Kier molecular flexibility index (Phi) is 6.93. The molecule has 0 saturated heterocycles. The molecule has 1 amide bonds. The van der Waals surface area contributed by atoms with Crippen LogP contribution in [0.4, 0.5) is 8.78 Å². The maximum Gasteiger partial charge on any atom is 0.387 e. The van der Waals surface area contributed by atoms with Crippen LogP contribution in [0.3, 0.4) is 0 Å². The number of carbonyl (C=O) groups is 1. The quantitative estimate of drug-likeness (QED) is 0.793. The van der Waals surface area contributed by atoms with Crippen LogP contribution in [-0.4, -0.2) is 44.1 Å². The molecule has 0 heterocycles. The number of hydrogen-bond donors (Lipinski definition) is 1. The highest BCUT2D eigenvalue weighted by atomic mass is 19.3. The molecule has 0 aliphatic carbocycles. The summed E-state index contributed by atoms with van der Waals surface area (Å²) >= 11 is 0. The van der Waals surface area contributed by atoms with Gasteiger partial charge in [0, 0.05) is 6.54 Å². The molecule has 0 bridgehead atoms. The van der Waals surface area contributed by atoms with E-state index in [4.69, 9.17) is 0 Å². The van der Waals surface area contributed by atoms with Crippen molar-refractivity contribution >= 4 is 5.91 Å². The standard InChI is InChI=1S/C14H20F2N2O2/c1-3-18(2)10-13(19)17-9-8-11-4-6-12(7-5-11)20-14(15)16/h4-7,14H,3,8-10H2,1-2H3,(H,17,19). The van der Waals surface area contributed by atoms with E-state index in [2.05, 4.69) is 10.1 Å². The van der Waals surface area contributed by atoms with Crippen molar-refractivity contribution in [2.24, 2.45) is 0 Å². The van der Waals surface area contributed by atoms with Crippen molar-refractivity contribution in [2.45, 2.75) is 20.0 Å². The number of nitrogens with zero attached hydrogens (tertiary/aromatic N) is 1. The Bertz CT molecular complexity index is 410. The number of rotatable bonds is 8. The third-order valence-electron chi connectivity index (χ3n) is 2.84. The summed E-state index contributed by atoms with van der Waals surface area (Å²) in [6.07, 6.45) is 0.649. The molecule has 112 valence electrons. The van der Waals surface area contributed by atoms with Crippen molar-refractivity contribution in [1.29, 1.82) is 0 Å². The number of hydrogen-bond acceptors (Lipinski definition) is 3. The molecule has 1 aromatic rings. The zero-order chi connectivity index (χ0) is 15.0. The lowest BCUT2D eigenvalue weighted by atomic mass is 10.1. The van der Waals surface area contributed by atoms with E-state index in [0.29, 0.717) is 19.5 Å². The van der Waals surface area contributed by atoms with Crippen LogP contribution < -0.4 is 10.1 Å². The smallest absolute Gasteiger partial charge is 0.387 e. The molecule has 0 radical (unpaired) electrons. The minimum absolute atomic E-state index is 0.0213. The van der Waals surface area contributed by atoms with E-state index in [1.54, 1.807) is 12.1 Å². The Balaban J connectivity index is 2.30. The van der Waals surface area contributed by atoms with Gasteiger partial charge in [-0.3, -0.25) is 9.69 Å². The van der Waals surface area contributed by atoms with Gasteiger partial charge in [0.2, 0.25) is 5.91 Å². The van der Waals surface area contributed by atoms with Gasteiger partial charge in [0.1, 0.15) is 5.75 Å². The Labute approximate surface area is 117 Å². The summed E-state index contributed by atoms with van der Waals surface area (Å²) in [7, 11) is 1.88. The summed E-state index contributed by atoms with van der Waals surface area (Å²) in [5.74, 6) is 0.115. The molecule has 6 heteroatoms. The minimum atomic E-state index is -2.81. The molecule has 20 heavy (non-hydrogen) atoms. The van der Waals surface area contributed by atoms with E-state index in [9.17, 15) is 13.6 Å². The number of alkyl halides is 2. The van der Waals surface area contributed by atoms with Gasteiger partial charge in [-0.05, 0) is 37.7 Å². The van der Waals surface area contributed by atoms with Crippen LogP contribution >= 0.6 is 0 Å². The summed E-state index contributed by atoms with van der Waals surface area (Å²) in [5, 5.41) is 2.81. The molecule has 0 fully saturated rings. The first-order valence-electron chi connectivity index (χ1n) is 6.50. The number of likely N-dealkylation sites (N-methyl/N-ethyl adjacent to an activating group) is 1. The predicted octanol–water partition coefficient (Wildman–Crippen LogP) is 1.90. The van der Waals surface area contributed by atoms with E-state index in [1.165, 1.54) is 12.1 Å². The Hall–Kier alpha value is -1.69. The maximum atomic E-state index is 12.0. The molecule has 0 atom stereocenters. The highest BCUT2D eigenvalue weighted by molar-refractivity contribution is 5.77. The van der Waals surface area contributed by atoms with Crippen LogP contribution in [0.1, 0.15) is 12.5 Å². The number of benzene rings is 1. The van der Waals surface area contributed by atoms with Gasteiger partial charge in [0.05, 0.1) is 6.54 Å². The topological polar surface area (TPSA) is 41.6 Å². The second-order valence-corrected chi connectivity index (χ2v) is 4.45. The third-order valence-corrected chi connectivity index (χ3v) is 2.84. The molecule has 1 rings (SSSR count). The normalized spacial score (nSPS) is 10.9.